The molecule has 1 aliphatic carbocycles. The molecule has 1 heterocycles. The molecule has 1 unspecified atom stereocenters. The monoisotopic (exact) mass is 365 g/mol. The number of hydrogen-bond acceptors (Lipinski definition) is 4. The van der Waals surface area contributed by atoms with Crippen molar-refractivity contribution in [1.29, 1.82) is 0 Å². The van der Waals surface area contributed by atoms with Gasteiger partial charge in [-0.05, 0) is 43.6 Å². The average Bonchev–Trinajstić information content (AvgIpc) is 3.13. The number of hydrogen-bond donors (Lipinski definition) is 3. The minimum Gasteiger partial charge on any atom is -0.377 e. The molecule has 1 fully saturated rings. The van der Waals surface area contributed by atoms with Gasteiger partial charge in [0.25, 0.3) is 10.9 Å². The summed E-state index contributed by atoms with van der Waals surface area (Å²) >= 11 is 0. The molecule has 1 saturated carbocycles. The molecule has 1 aliphatic rings. The summed E-state index contributed by atoms with van der Waals surface area (Å²) in [4.78, 5) is 27.5. The fourth-order valence-electron chi connectivity index (χ4n) is 4.33. The Hall–Kier alpha value is -2.56. The lowest BCUT2D eigenvalue weighted by Gasteiger charge is -2.33. The van der Waals surface area contributed by atoms with Gasteiger partial charge in [-0.2, -0.15) is 0 Å². The Morgan fingerprint density at radius 3 is 2.52 bits per heavy atom. The number of aromatic amines is 1. The third-order valence-electron chi connectivity index (χ3n) is 6.33. The van der Waals surface area contributed by atoms with Gasteiger partial charge in [0.15, 0.2) is 0 Å². The summed E-state index contributed by atoms with van der Waals surface area (Å²) in [6.07, 6.45) is 7.55. The summed E-state index contributed by atoms with van der Waals surface area (Å²) in [5, 5.41) is 7.54. The van der Waals surface area contributed by atoms with Gasteiger partial charge in [0, 0.05) is 23.1 Å². The zero-order valence-electron chi connectivity index (χ0n) is 16.0. The Morgan fingerprint density at radius 1 is 1.07 bits per heavy atom. The third-order valence-corrected chi connectivity index (χ3v) is 6.33. The van der Waals surface area contributed by atoms with Crippen LogP contribution in [0.4, 0.5) is 17.1 Å². The van der Waals surface area contributed by atoms with E-state index in [9.17, 15) is 9.59 Å². The molecule has 0 spiro atoms. The molecule has 2 aromatic carbocycles. The predicted molar refractivity (Wildman–Crippen MR) is 112 cm³/mol. The predicted octanol–water partition coefficient (Wildman–Crippen LogP) is 4.52. The topological polar surface area (TPSA) is 74.0 Å². The quantitative estimate of drug-likeness (QED) is 0.561. The van der Waals surface area contributed by atoms with Crippen molar-refractivity contribution in [2.75, 3.05) is 10.6 Å². The van der Waals surface area contributed by atoms with Crippen LogP contribution >= 0.6 is 0 Å². The molecular weight excluding hydrogens is 338 g/mol. The van der Waals surface area contributed by atoms with E-state index in [1.165, 1.54) is 19.3 Å². The zero-order chi connectivity index (χ0) is 19.0. The van der Waals surface area contributed by atoms with Crippen LogP contribution in [0.2, 0.25) is 0 Å². The molecule has 27 heavy (non-hydrogen) atoms. The van der Waals surface area contributed by atoms with Gasteiger partial charge in [0.05, 0.1) is 5.69 Å². The highest BCUT2D eigenvalue weighted by Gasteiger charge is 2.28. The second-order valence-electron chi connectivity index (χ2n) is 7.92. The van der Waals surface area contributed by atoms with Crippen LogP contribution in [0.15, 0.2) is 40.1 Å². The van der Waals surface area contributed by atoms with Crippen molar-refractivity contribution in [3.05, 3.63) is 50.9 Å². The summed E-state index contributed by atoms with van der Waals surface area (Å²) in [6, 6.07) is 8.17. The maximum Gasteiger partial charge on any atom is 0.253 e. The largest absolute Gasteiger partial charge is 0.377 e. The van der Waals surface area contributed by atoms with Gasteiger partial charge >= 0.3 is 0 Å². The number of nitrogens with one attached hydrogen (secondary N) is 3. The highest BCUT2D eigenvalue weighted by molar-refractivity contribution is 5.95. The Morgan fingerprint density at radius 2 is 1.78 bits per heavy atom. The van der Waals surface area contributed by atoms with E-state index in [1.54, 1.807) is 0 Å². The van der Waals surface area contributed by atoms with Crippen LogP contribution in [0, 0.1) is 11.8 Å². The van der Waals surface area contributed by atoms with Gasteiger partial charge in [0.1, 0.15) is 11.4 Å². The van der Waals surface area contributed by atoms with Gasteiger partial charge in [-0.3, -0.25) is 9.59 Å². The molecule has 0 amide bonds. The normalized spacial score (nSPS) is 21.4. The number of benzene rings is 1. The summed E-state index contributed by atoms with van der Waals surface area (Å²) in [6.45, 7) is 4.58. The van der Waals surface area contributed by atoms with E-state index in [1.807, 2.05) is 30.5 Å². The van der Waals surface area contributed by atoms with Gasteiger partial charge in [-0.25, -0.2) is 0 Å². The Kier molecular flexibility index (Phi) is 4.77. The first-order chi connectivity index (χ1) is 13.1. The fraction of sp³-hybridized carbons (Fsp3) is 0.455. The minimum absolute atomic E-state index is 0.275. The lowest BCUT2D eigenvalue weighted by atomic mass is 9.78. The first kappa shape index (κ1) is 17.8. The molecule has 4 rings (SSSR count). The summed E-state index contributed by atoms with van der Waals surface area (Å²) in [5.74, 6) is 1.54. The highest BCUT2D eigenvalue weighted by atomic mass is 16.2. The van der Waals surface area contributed by atoms with Crippen LogP contribution in [0.3, 0.4) is 0 Å². The second-order valence-corrected chi connectivity index (χ2v) is 7.92. The number of para-hydroxylation sites is 1. The maximum absolute atomic E-state index is 12.1. The summed E-state index contributed by atoms with van der Waals surface area (Å²) < 4.78 is 0. The van der Waals surface area contributed by atoms with Crippen LogP contribution < -0.4 is 21.5 Å². The van der Waals surface area contributed by atoms with E-state index in [-0.39, 0.29) is 6.04 Å². The molecule has 1 atom stereocenters. The van der Waals surface area contributed by atoms with E-state index < -0.39 is 10.9 Å². The second kappa shape index (κ2) is 7.22. The van der Waals surface area contributed by atoms with Crippen LogP contribution in [-0.4, -0.2) is 11.0 Å². The Balaban J connectivity index is 1.47. The molecule has 0 aliphatic heterocycles. The number of rotatable bonds is 6. The Bertz CT molecular complexity index is 1000. The van der Waals surface area contributed by atoms with Crippen molar-refractivity contribution in [2.24, 2.45) is 11.8 Å². The number of aromatic nitrogens is 1. The van der Waals surface area contributed by atoms with Crippen molar-refractivity contribution in [3.63, 3.8) is 0 Å². The fourth-order valence-corrected chi connectivity index (χ4v) is 4.33. The zero-order valence-corrected chi connectivity index (χ0v) is 16.0. The molecule has 142 valence electrons. The molecule has 1 aromatic heterocycles. The van der Waals surface area contributed by atoms with Crippen molar-refractivity contribution in [3.8, 4) is 0 Å². The van der Waals surface area contributed by atoms with Crippen molar-refractivity contribution in [1.82, 2.24) is 4.98 Å². The first-order valence-corrected chi connectivity index (χ1v) is 10.0. The SMILES string of the molecule is CCC(C)C1CCC(Nc2c(Nc3c[nH]c4ccccc34)c(=O)c2=O)CC1. The lowest BCUT2D eigenvalue weighted by molar-refractivity contribution is 0.248. The molecule has 0 bridgehead atoms. The molecule has 0 saturated heterocycles. The summed E-state index contributed by atoms with van der Waals surface area (Å²) in [5.41, 5.74) is 1.83. The lowest BCUT2D eigenvalue weighted by Crippen LogP contribution is -2.40. The van der Waals surface area contributed by atoms with Gasteiger partial charge in [-0.1, -0.05) is 38.5 Å². The van der Waals surface area contributed by atoms with Crippen molar-refractivity contribution < 1.29 is 0 Å². The van der Waals surface area contributed by atoms with Crippen molar-refractivity contribution in [2.45, 2.75) is 52.0 Å². The van der Waals surface area contributed by atoms with Gasteiger partial charge in [0.2, 0.25) is 0 Å². The molecule has 0 radical (unpaired) electrons. The van der Waals surface area contributed by atoms with Gasteiger partial charge in [-0.15, -0.1) is 0 Å². The number of anilines is 3. The van der Waals surface area contributed by atoms with E-state index in [4.69, 9.17) is 0 Å². The smallest absolute Gasteiger partial charge is 0.253 e. The third kappa shape index (κ3) is 3.27. The van der Waals surface area contributed by atoms with E-state index >= 15 is 0 Å². The summed E-state index contributed by atoms with van der Waals surface area (Å²) in [7, 11) is 0. The van der Waals surface area contributed by atoms with Crippen LogP contribution in [0.1, 0.15) is 46.0 Å². The molecule has 5 heteroatoms. The average molecular weight is 365 g/mol. The minimum atomic E-state index is -0.434. The standard InChI is InChI=1S/C22H27N3O2/c1-3-13(2)14-8-10-15(11-9-14)24-19-20(22(27)21(19)26)25-18-12-23-17-7-5-4-6-16(17)18/h4-7,12-15,23-25H,3,8-11H2,1-2H3. The van der Waals surface area contributed by atoms with E-state index in [0.717, 1.165) is 41.3 Å². The molecular formula is C22H27N3O2. The molecule has 5 nitrogen and oxygen atoms in total. The Labute approximate surface area is 158 Å². The van der Waals surface area contributed by atoms with Crippen LogP contribution in [0.25, 0.3) is 10.9 Å². The van der Waals surface area contributed by atoms with Crippen LogP contribution in [-0.2, 0) is 0 Å². The molecule has 3 N–H and O–H groups in total. The maximum atomic E-state index is 12.1. The van der Waals surface area contributed by atoms with E-state index in [0.29, 0.717) is 11.4 Å². The van der Waals surface area contributed by atoms with Gasteiger partial charge < -0.3 is 15.6 Å². The van der Waals surface area contributed by atoms with E-state index in [2.05, 4.69) is 29.5 Å². The number of H-pyrrole nitrogens is 1. The number of fused-ring (bicyclic) bond motifs is 1. The highest BCUT2D eigenvalue weighted by Crippen LogP contribution is 2.34. The van der Waals surface area contributed by atoms with Crippen LogP contribution in [0.5, 0.6) is 0 Å². The molecule has 3 aromatic rings. The first-order valence-electron chi connectivity index (χ1n) is 10.0. The van der Waals surface area contributed by atoms with Crippen molar-refractivity contribution >= 4 is 28.0 Å².